The first-order chi connectivity index (χ1) is 21.6. The molecule has 1 atom stereocenters. The first-order valence-corrected chi connectivity index (χ1v) is 15.5. The minimum Gasteiger partial charge on any atom is -0.310 e. The Balaban J connectivity index is 1.56. The van der Waals surface area contributed by atoms with Gasteiger partial charge in [-0.2, -0.15) is 0 Å². The van der Waals surface area contributed by atoms with Crippen LogP contribution in [0.3, 0.4) is 0 Å². The quantitative estimate of drug-likeness (QED) is 0.137. The molecule has 0 saturated carbocycles. The summed E-state index contributed by atoms with van der Waals surface area (Å²) in [6, 6.07) is 48.6. The topological polar surface area (TPSA) is 6.48 Å². The van der Waals surface area contributed by atoms with Crippen LogP contribution in [0.1, 0.15) is 22.6 Å². The van der Waals surface area contributed by atoms with Crippen LogP contribution in [0.15, 0.2) is 158 Å². The van der Waals surface area contributed by atoms with Gasteiger partial charge in [-0.25, -0.2) is 0 Å². The number of allylic oxidation sites excluding steroid dienone is 2. The number of rotatable bonds is 6. The number of anilines is 4. The maximum absolute atomic E-state index is 6.74. The summed E-state index contributed by atoms with van der Waals surface area (Å²) in [5.74, 6) is 0.144. The number of benzene rings is 6. The molecule has 6 aromatic rings. The number of hydrogen-bond acceptors (Lipinski definition) is 2. The summed E-state index contributed by atoms with van der Waals surface area (Å²) in [6.45, 7) is 0. The van der Waals surface area contributed by atoms with Gasteiger partial charge in [-0.1, -0.05) is 120 Å². The Morgan fingerprint density at radius 2 is 1.09 bits per heavy atom. The highest BCUT2D eigenvalue weighted by Gasteiger charge is 2.49. The van der Waals surface area contributed by atoms with Gasteiger partial charge in [-0.05, 0) is 88.6 Å². The largest absolute Gasteiger partial charge is 0.310 e. The molecule has 0 spiro atoms. The first kappa shape index (κ1) is 26.8. The molecule has 0 fully saturated rings. The highest BCUT2D eigenvalue weighted by Crippen LogP contribution is 2.55. The van der Waals surface area contributed by atoms with E-state index in [9.17, 15) is 0 Å². The normalized spacial score (nSPS) is 15.7. The molecule has 1 unspecified atom stereocenters. The molecule has 0 aromatic heterocycles. The van der Waals surface area contributed by atoms with Crippen molar-refractivity contribution >= 4 is 62.8 Å². The van der Waals surface area contributed by atoms with Gasteiger partial charge in [0.25, 0.3) is 0 Å². The third-order valence-electron chi connectivity index (χ3n) is 8.71. The van der Waals surface area contributed by atoms with Crippen LogP contribution in [-0.4, -0.2) is 0 Å². The fraction of sp³-hybridized carbons (Fsp3) is 0.0500. The van der Waals surface area contributed by atoms with Crippen LogP contribution in [0.5, 0.6) is 0 Å². The van der Waals surface area contributed by atoms with Crippen molar-refractivity contribution in [3.05, 3.63) is 184 Å². The zero-order valence-electron chi connectivity index (χ0n) is 23.8. The van der Waals surface area contributed by atoms with Crippen LogP contribution in [0.2, 0.25) is 10.0 Å². The zero-order valence-corrected chi connectivity index (χ0v) is 25.3. The molecule has 4 heteroatoms. The Morgan fingerprint density at radius 3 is 1.68 bits per heavy atom. The molecule has 44 heavy (non-hydrogen) atoms. The summed E-state index contributed by atoms with van der Waals surface area (Å²) in [6.07, 6.45) is 9.31. The van der Waals surface area contributed by atoms with Crippen molar-refractivity contribution in [2.75, 3.05) is 9.80 Å². The second-order valence-electron chi connectivity index (χ2n) is 11.2. The fourth-order valence-electron chi connectivity index (χ4n) is 6.99. The van der Waals surface area contributed by atoms with E-state index in [1.54, 1.807) is 0 Å². The molecule has 6 aromatic carbocycles. The van der Waals surface area contributed by atoms with Crippen LogP contribution < -0.4 is 9.80 Å². The lowest BCUT2D eigenvalue weighted by Gasteiger charge is -2.54. The highest BCUT2D eigenvalue weighted by atomic mass is 35.5. The summed E-state index contributed by atoms with van der Waals surface area (Å²) >= 11 is 13.5. The van der Waals surface area contributed by atoms with Crippen molar-refractivity contribution in [2.45, 2.75) is 11.6 Å². The smallest absolute Gasteiger partial charge is 0.168 e. The minimum absolute atomic E-state index is 0.144. The van der Waals surface area contributed by atoms with Gasteiger partial charge in [-0.3, -0.25) is 0 Å². The van der Waals surface area contributed by atoms with Gasteiger partial charge >= 0.3 is 0 Å². The van der Waals surface area contributed by atoms with Gasteiger partial charge in [0.15, 0.2) is 5.66 Å². The van der Waals surface area contributed by atoms with E-state index < -0.39 is 5.66 Å². The SMILES string of the molecule is Clc1cccc(N(c2ccccc2)C2(N(c3ccccc3)c3cccc(Cl)c3)C=CC3C=Cc4cccc5ccc2c3c45)c1. The van der Waals surface area contributed by atoms with E-state index in [0.29, 0.717) is 10.0 Å². The van der Waals surface area contributed by atoms with Crippen molar-refractivity contribution in [1.29, 1.82) is 0 Å². The Kier molecular flexibility index (Phi) is 6.56. The average molecular weight is 608 g/mol. The average Bonchev–Trinajstić information content (AvgIpc) is 3.06. The molecule has 212 valence electrons. The van der Waals surface area contributed by atoms with E-state index in [0.717, 1.165) is 22.7 Å². The van der Waals surface area contributed by atoms with Gasteiger partial charge in [0.2, 0.25) is 0 Å². The highest BCUT2D eigenvalue weighted by molar-refractivity contribution is 6.31. The third-order valence-corrected chi connectivity index (χ3v) is 9.18. The number of nitrogens with zero attached hydrogens (tertiary/aromatic N) is 2. The van der Waals surface area contributed by atoms with Gasteiger partial charge in [-0.15, -0.1) is 0 Å². The molecule has 2 aliphatic carbocycles. The van der Waals surface area contributed by atoms with E-state index in [4.69, 9.17) is 23.2 Å². The third kappa shape index (κ3) is 4.25. The maximum Gasteiger partial charge on any atom is 0.168 e. The monoisotopic (exact) mass is 606 g/mol. The fourth-order valence-corrected chi connectivity index (χ4v) is 7.36. The molecule has 0 amide bonds. The molecule has 0 aliphatic heterocycles. The maximum atomic E-state index is 6.74. The second kappa shape index (κ2) is 10.7. The summed E-state index contributed by atoms with van der Waals surface area (Å²) < 4.78 is 0. The van der Waals surface area contributed by atoms with Crippen LogP contribution in [0.4, 0.5) is 22.7 Å². The Hall–Kier alpha value is -4.76. The summed E-state index contributed by atoms with van der Waals surface area (Å²) in [5.41, 5.74) is 6.90. The minimum atomic E-state index is -0.865. The van der Waals surface area contributed by atoms with E-state index in [1.807, 2.05) is 24.3 Å². The predicted octanol–water partition coefficient (Wildman–Crippen LogP) is 11.7. The van der Waals surface area contributed by atoms with Crippen molar-refractivity contribution in [3.8, 4) is 0 Å². The van der Waals surface area contributed by atoms with Crippen LogP contribution in [0.25, 0.3) is 16.8 Å². The summed E-state index contributed by atoms with van der Waals surface area (Å²) in [5, 5.41) is 3.89. The molecule has 2 nitrogen and oxygen atoms in total. The molecule has 0 heterocycles. The van der Waals surface area contributed by atoms with E-state index in [-0.39, 0.29) is 5.92 Å². The zero-order chi connectivity index (χ0) is 29.7. The molecule has 0 bridgehead atoms. The van der Waals surface area contributed by atoms with E-state index in [1.165, 1.54) is 27.5 Å². The van der Waals surface area contributed by atoms with Crippen molar-refractivity contribution < 1.29 is 0 Å². The molecular weight excluding hydrogens is 579 g/mol. The molecule has 2 aliphatic rings. The van der Waals surface area contributed by atoms with Crippen molar-refractivity contribution in [3.63, 3.8) is 0 Å². The Labute approximate surface area is 267 Å². The predicted molar refractivity (Wildman–Crippen MR) is 187 cm³/mol. The van der Waals surface area contributed by atoms with E-state index >= 15 is 0 Å². The Bertz CT molecular complexity index is 1980. The lowest BCUT2D eigenvalue weighted by molar-refractivity contribution is 0.536. The lowest BCUT2D eigenvalue weighted by atomic mass is 9.73. The van der Waals surface area contributed by atoms with Crippen molar-refractivity contribution in [2.24, 2.45) is 0 Å². The number of para-hydroxylation sites is 2. The standard InChI is InChI=1S/C40H28Cl2N2/c41-31-12-8-18-35(26-31)43(33-14-3-1-4-15-33)40(44(34-16-5-2-6-17-34)36-19-9-13-32(42)27-36)25-24-30-21-20-28-10-7-11-29-22-23-37(40)39(30)38(28)29/h1-27,30H. The van der Waals surface area contributed by atoms with Crippen LogP contribution >= 0.6 is 23.2 Å². The second-order valence-corrected chi connectivity index (χ2v) is 12.1. The number of hydrogen-bond donors (Lipinski definition) is 0. The molecule has 0 N–H and O–H groups in total. The summed E-state index contributed by atoms with van der Waals surface area (Å²) in [4.78, 5) is 4.83. The van der Waals surface area contributed by atoms with Gasteiger partial charge in [0.05, 0.1) is 0 Å². The number of halogens is 2. The van der Waals surface area contributed by atoms with E-state index in [2.05, 4.69) is 149 Å². The first-order valence-electron chi connectivity index (χ1n) is 14.8. The molecule has 0 radical (unpaired) electrons. The molecule has 0 saturated heterocycles. The lowest BCUT2D eigenvalue weighted by Crippen LogP contribution is -2.55. The van der Waals surface area contributed by atoms with Crippen LogP contribution in [0, 0.1) is 0 Å². The Morgan fingerprint density at radius 1 is 0.523 bits per heavy atom. The van der Waals surface area contributed by atoms with Gasteiger partial charge < -0.3 is 9.80 Å². The molecular formula is C40H28Cl2N2. The van der Waals surface area contributed by atoms with Gasteiger partial charge in [0.1, 0.15) is 0 Å². The van der Waals surface area contributed by atoms with Gasteiger partial charge in [0, 0.05) is 44.3 Å². The molecule has 8 rings (SSSR count). The van der Waals surface area contributed by atoms with Crippen molar-refractivity contribution in [1.82, 2.24) is 0 Å². The van der Waals surface area contributed by atoms with Crippen LogP contribution in [-0.2, 0) is 5.66 Å². The summed E-state index contributed by atoms with van der Waals surface area (Å²) in [7, 11) is 0.